The number of hydrogen-bond acceptors (Lipinski definition) is 3. The SMILES string of the molecule is CCc1cc(C(=O)Nc2[nH]ncc2C)sc1C. The van der Waals surface area contributed by atoms with E-state index in [1.807, 2.05) is 19.9 Å². The van der Waals surface area contributed by atoms with Gasteiger partial charge in [-0.3, -0.25) is 9.89 Å². The van der Waals surface area contributed by atoms with E-state index < -0.39 is 0 Å². The number of carbonyl (C=O) groups excluding carboxylic acids is 1. The molecule has 0 bridgehead atoms. The molecular weight excluding hydrogens is 234 g/mol. The summed E-state index contributed by atoms with van der Waals surface area (Å²) in [5.74, 6) is 0.587. The predicted octanol–water partition coefficient (Wildman–Crippen LogP) is 2.90. The Labute approximate surface area is 104 Å². The second-order valence-electron chi connectivity index (χ2n) is 3.93. The van der Waals surface area contributed by atoms with Gasteiger partial charge in [-0.1, -0.05) is 6.92 Å². The van der Waals surface area contributed by atoms with Crippen LogP contribution in [0.4, 0.5) is 5.82 Å². The molecule has 0 radical (unpaired) electrons. The predicted molar refractivity (Wildman–Crippen MR) is 69.7 cm³/mol. The van der Waals surface area contributed by atoms with Crippen molar-refractivity contribution in [2.45, 2.75) is 27.2 Å². The van der Waals surface area contributed by atoms with Crippen molar-refractivity contribution in [3.8, 4) is 0 Å². The maximum absolute atomic E-state index is 12.0. The number of anilines is 1. The quantitative estimate of drug-likeness (QED) is 0.878. The van der Waals surface area contributed by atoms with Crippen LogP contribution in [0.1, 0.15) is 32.6 Å². The number of nitrogens with one attached hydrogen (secondary N) is 2. The number of H-pyrrole nitrogens is 1. The summed E-state index contributed by atoms with van der Waals surface area (Å²) in [6, 6.07) is 1.96. The Balaban J connectivity index is 2.17. The molecule has 4 nitrogen and oxygen atoms in total. The number of aromatic amines is 1. The first kappa shape index (κ1) is 11.9. The number of nitrogens with zero attached hydrogens (tertiary/aromatic N) is 1. The molecule has 0 aliphatic rings. The van der Waals surface area contributed by atoms with Crippen molar-refractivity contribution in [1.29, 1.82) is 0 Å². The Kier molecular flexibility index (Phi) is 3.28. The molecule has 2 rings (SSSR count). The van der Waals surface area contributed by atoms with E-state index in [1.165, 1.54) is 21.8 Å². The molecule has 0 aliphatic heterocycles. The van der Waals surface area contributed by atoms with Crippen molar-refractivity contribution >= 4 is 23.1 Å². The van der Waals surface area contributed by atoms with Crippen LogP contribution in [0.15, 0.2) is 12.3 Å². The minimum atomic E-state index is -0.0786. The zero-order chi connectivity index (χ0) is 12.4. The van der Waals surface area contributed by atoms with Gasteiger partial charge >= 0.3 is 0 Å². The van der Waals surface area contributed by atoms with E-state index in [2.05, 4.69) is 22.4 Å². The monoisotopic (exact) mass is 249 g/mol. The van der Waals surface area contributed by atoms with Crippen LogP contribution in [0.5, 0.6) is 0 Å². The fourth-order valence-corrected chi connectivity index (χ4v) is 2.64. The Hall–Kier alpha value is -1.62. The van der Waals surface area contributed by atoms with Gasteiger partial charge in [0, 0.05) is 10.4 Å². The van der Waals surface area contributed by atoms with Crippen LogP contribution in [0, 0.1) is 13.8 Å². The van der Waals surface area contributed by atoms with E-state index in [0.717, 1.165) is 16.9 Å². The Morgan fingerprint density at radius 3 is 2.82 bits per heavy atom. The summed E-state index contributed by atoms with van der Waals surface area (Å²) < 4.78 is 0. The third-order valence-electron chi connectivity index (χ3n) is 2.69. The van der Waals surface area contributed by atoms with Crippen LogP contribution < -0.4 is 5.32 Å². The molecule has 0 fully saturated rings. The van der Waals surface area contributed by atoms with Crippen LogP contribution in [0.25, 0.3) is 0 Å². The largest absolute Gasteiger partial charge is 0.306 e. The second kappa shape index (κ2) is 4.71. The lowest BCUT2D eigenvalue weighted by molar-refractivity contribution is 0.103. The maximum atomic E-state index is 12.0. The van der Waals surface area contributed by atoms with Gasteiger partial charge in [0.25, 0.3) is 5.91 Å². The van der Waals surface area contributed by atoms with Crippen LogP contribution in [0.2, 0.25) is 0 Å². The first-order valence-corrected chi connectivity index (χ1v) is 6.34. The normalized spacial score (nSPS) is 10.5. The van der Waals surface area contributed by atoms with Crippen LogP contribution in [0.3, 0.4) is 0 Å². The molecule has 2 aromatic rings. The molecule has 2 N–H and O–H groups in total. The summed E-state index contributed by atoms with van der Waals surface area (Å²) in [7, 11) is 0. The highest BCUT2D eigenvalue weighted by Gasteiger charge is 2.13. The Bertz CT molecular complexity index is 542. The van der Waals surface area contributed by atoms with Gasteiger partial charge in [0.1, 0.15) is 5.82 Å². The standard InChI is InChI=1S/C12H15N3OS/c1-4-9-5-10(17-8(9)3)12(16)14-11-7(2)6-13-15-11/h5-6H,4H2,1-3H3,(H2,13,14,15,16). The van der Waals surface area contributed by atoms with E-state index >= 15 is 0 Å². The van der Waals surface area contributed by atoms with Gasteiger partial charge in [-0.15, -0.1) is 11.3 Å². The molecule has 0 aliphatic carbocycles. The van der Waals surface area contributed by atoms with Gasteiger partial charge in [-0.25, -0.2) is 0 Å². The van der Waals surface area contributed by atoms with Gasteiger partial charge in [0.05, 0.1) is 11.1 Å². The average Bonchev–Trinajstić information content (AvgIpc) is 2.86. The van der Waals surface area contributed by atoms with Crippen molar-refractivity contribution in [2.75, 3.05) is 5.32 Å². The van der Waals surface area contributed by atoms with E-state index in [9.17, 15) is 4.79 Å². The molecule has 1 amide bonds. The first-order valence-electron chi connectivity index (χ1n) is 5.52. The average molecular weight is 249 g/mol. The molecule has 0 saturated heterocycles. The molecule has 0 unspecified atom stereocenters. The molecule has 0 saturated carbocycles. The number of carbonyl (C=O) groups is 1. The lowest BCUT2D eigenvalue weighted by Crippen LogP contribution is -2.11. The van der Waals surface area contributed by atoms with E-state index in [4.69, 9.17) is 0 Å². The Morgan fingerprint density at radius 1 is 1.53 bits per heavy atom. The third-order valence-corrected chi connectivity index (χ3v) is 3.78. The number of aromatic nitrogens is 2. The number of thiophene rings is 1. The molecule has 90 valence electrons. The molecule has 2 heterocycles. The molecular formula is C12H15N3OS. The second-order valence-corrected chi connectivity index (χ2v) is 5.18. The minimum Gasteiger partial charge on any atom is -0.306 e. The van der Waals surface area contributed by atoms with Crippen molar-refractivity contribution in [2.24, 2.45) is 0 Å². The molecule has 5 heteroatoms. The fourth-order valence-electron chi connectivity index (χ4n) is 1.63. The molecule has 0 aromatic carbocycles. The fraction of sp³-hybridized carbons (Fsp3) is 0.333. The summed E-state index contributed by atoms with van der Waals surface area (Å²) >= 11 is 1.53. The van der Waals surface area contributed by atoms with Crippen LogP contribution in [-0.2, 0) is 6.42 Å². The van der Waals surface area contributed by atoms with Gasteiger partial charge in [-0.05, 0) is 31.9 Å². The van der Waals surface area contributed by atoms with Crippen molar-refractivity contribution in [1.82, 2.24) is 10.2 Å². The topological polar surface area (TPSA) is 57.8 Å². The minimum absolute atomic E-state index is 0.0786. The zero-order valence-corrected chi connectivity index (χ0v) is 10.9. The maximum Gasteiger partial charge on any atom is 0.266 e. The summed E-state index contributed by atoms with van der Waals surface area (Å²) in [6.07, 6.45) is 2.64. The first-order chi connectivity index (χ1) is 8.11. The highest BCUT2D eigenvalue weighted by atomic mass is 32.1. The lowest BCUT2D eigenvalue weighted by atomic mass is 10.2. The van der Waals surface area contributed by atoms with E-state index in [0.29, 0.717) is 5.82 Å². The number of aryl methyl sites for hydroxylation is 3. The summed E-state index contributed by atoms with van der Waals surface area (Å²) in [4.78, 5) is 13.9. The highest BCUT2D eigenvalue weighted by molar-refractivity contribution is 7.14. The van der Waals surface area contributed by atoms with Gasteiger partial charge in [0.15, 0.2) is 0 Å². The van der Waals surface area contributed by atoms with Crippen molar-refractivity contribution < 1.29 is 4.79 Å². The lowest BCUT2D eigenvalue weighted by Gasteiger charge is -2.00. The van der Waals surface area contributed by atoms with Crippen LogP contribution in [-0.4, -0.2) is 16.1 Å². The summed E-state index contributed by atoms with van der Waals surface area (Å²) in [5, 5.41) is 9.46. The molecule has 0 atom stereocenters. The molecule has 17 heavy (non-hydrogen) atoms. The number of hydrogen-bond donors (Lipinski definition) is 2. The molecule has 2 aromatic heterocycles. The summed E-state index contributed by atoms with van der Waals surface area (Å²) in [6.45, 7) is 6.04. The van der Waals surface area contributed by atoms with Crippen LogP contribution >= 0.6 is 11.3 Å². The summed E-state index contributed by atoms with van der Waals surface area (Å²) in [5.41, 5.74) is 2.17. The van der Waals surface area contributed by atoms with Gasteiger partial charge in [0.2, 0.25) is 0 Å². The Morgan fingerprint density at radius 2 is 2.29 bits per heavy atom. The van der Waals surface area contributed by atoms with Crippen molar-refractivity contribution in [3.05, 3.63) is 33.1 Å². The van der Waals surface area contributed by atoms with Gasteiger partial charge < -0.3 is 5.32 Å². The number of amides is 1. The van der Waals surface area contributed by atoms with Crippen molar-refractivity contribution in [3.63, 3.8) is 0 Å². The smallest absolute Gasteiger partial charge is 0.266 e. The molecule has 0 spiro atoms. The van der Waals surface area contributed by atoms with E-state index in [1.54, 1.807) is 6.20 Å². The van der Waals surface area contributed by atoms with Gasteiger partial charge in [-0.2, -0.15) is 5.10 Å². The highest BCUT2D eigenvalue weighted by Crippen LogP contribution is 2.23. The number of rotatable bonds is 3. The van der Waals surface area contributed by atoms with E-state index in [-0.39, 0.29) is 5.91 Å². The zero-order valence-electron chi connectivity index (χ0n) is 10.1. The third kappa shape index (κ3) is 2.39.